The number of anilines is 3. The van der Waals surface area contributed by atoms with Crippen LogP contribution in [0, 0.1) is 17.1 Å². The van der Waals surface area contributed by atoms with E-state index in [1.807, 2.05) is 37.4 Å². The van der Waals surface area contributed by atoms with E-state index in [0.717, 1.165) is 23.5 Å². The lowest BCUT2D eigenvalue weighted by Crippen LogP contribution is -2.41. The van der Waals surface area contributed by atoms with Crippen molar-refractivity contribution in [2.45, 2.75) is 32.5 Å². The average molecular weight is 606 g/mol. The van der Waals surface area contributed by atoms with Crippen molar-refractivity contribution in [3.8, 4) is 6.07 Å². The minimum Gasteiger partial charge on any atom is -0.373 e. The van der Waals surface area contributed by atoms with Crippen LogP contribution < -0.4 is 21.6 Å². The lowest BCUT2D eigenvalue weighted by atomic mass is 10.0. The number of hydrazine groups is 2. The number of hydrogen-bond donors (Lipinski definition) is 4. The van der Waals surface area contributed by atoms with Crippen LogP contribution in [0.5, 0.6) is 0 Å². The Balaban J connectivity index is 1.59. The van der Waals surface area contributed by atoms with E-state index in [0.29, 0.717) is 32.9 Å². The highest BCUT2D eigenvalue weighted by Crippen LogP contribution is 2.37. The van der Waals surface area contributed by atoms with Gasteiger partial charge in [0.15, 0.2) is 0 Å². The number of benzene rings is 3. The second kappa shape index (κ2) is 12.4. The van der Waals surface area contributed by atoms with E-state index in [1.165, 1.54) is 23.9 Å². The predicted octanol–water partition coefficient (Wildman–Crippen LogP) is 7.09. The molecule has 0 saturated carbocycles. The van der Waals surface area contributed by atoms with E-state index in [1.54, 1.807) is 6.07 Å². The number of nitriles is 1. The second-order valence-corrected chi connectivity index (χ2v) is 11.5. The molecule has 2 heterocycles. The van der Waals surface area contributed by atoms with Crippen LogP contribution in [0.4, 0.5) is 21.5 Å². The summed E-state index contributed by atoms with van der Waals surface area (Å²) in [6.45, 7) is 5.00. The Hall–Kier alpha value is -4.07. The van der Waals surface area contributed by atoms with Crippen molar-refractivity contribution in [2.24, 2.45) is 0 Å². The number of pyridine rings is 1. The molecule has 0 aliphatic carbocycles. The molecule has 0 bridgehead atoms. The maximum atomic E-state index is 13.8. The third kappa shape index (κ3) is 6.37. The molecule has 0 radical (unpaired) electrons. The van der Waals surface area contributed by atoms with Crippen molar-refractivity contribution in [1.29, 1.82) is 5.26 Å². The lowest BCUT2D eigenvalue weighted by Gasteiger charge is -2.23. The van der Waals surface area contributed by atoms with Crippen molar-refractivity contribution in [3.63, 3.8) is 0 Å². The summed E-state index contributed by atoms with van der Waals surface area (Å²) in [5.74, 6) is -0.530. The molecule has 1 atom stereocenters. The van der Waals surface area contributed by atoms with Crippen LogP contribution in [-0.4, -0.2) is 35.0 Å². The molecule has 0 unspecified atom stereocenters. The number of fused-ring (bicyclic) bond motifs is 1. The van der Waals surface area contributed by atoms with Crippen molar-refractivity contribution in [2.75, 3.05) is 24.7 Å². The molecule has 11 heteroatoms. The monoisotopic (exact) mass is 604 g/mol. The summed E-state index contributed by atoms with van der Waals surface area (Å²) in [6.07, 6.45) is 3.51. The SMILES string of the molecule is CC(C)N1C=C([C@@H](Nc2cc(Cl)c3ncc(C#N)c(Nc4ccc(F)c(Cl)c4)c3c2)c2cccc(CN(C)C)c2)NN1. The highest BCUT2D eigenvalue weighted by atomic mass is 35.5. The molecule has 3 aromatic carbocycles. The van der Waals surface area contributed by atoms with Gasteiger partial charge in [-0.05, 0) is 69.4 Å². The smallest absolute Gasteiger partial charge is 0.141 e. The maximum absolute atomic E-state index is 13.8. The van der Waals surface area contributed by atoms with Gasteiger partial charge in [0.05, 0.1) is 38.6 Å². The molecular formula is C31H31Cl2FN8. The Morgan fingerprint density at radius 2 is 1.86 bits per heavy atom. The lowest BCUT2D eigenvalue weighted by molar-refractivity contribution is 0.221. The molecule has 4 N–H and O–H groups in total. The van der Waals surface area contributed by atoms with Gasteiger partial charge >= 0.3 is 0 Å². The summed E-state index contributed by atoms with van der Waals surface area (Å²) in [6, 6.07) is 18.6. The fourth-order valence-electron chi connectivity index (χ4n) is 4.79. The van der Waals surface area contributed by atoms with Gasteiger partial charge in [-0.2, -0.15) is 5.26 Å². The van der Waals surface area contributed by atoms with Crippen molar-refractivity contribution < 1.29 is 4.39 Å². The van der Waals surface area contributed by atoms with E-state index in [-0.39, 0.29) is 17.1 Å². The van der Waals surface area contributed by atoms with Crippen LogP contribution in [0.15, 0.2) is 72.7 Å². The topological polar surface area (TPSA) is 91.3 Å². The number of halogens is 3. The number of nitrogens with one attached hydrogen (secondary N) is 4. The molecule has 5 rings (SSSR count). The zero-order valence-electron chi connectivity index (χ0n) is 23.6. The highest BCUT2D eigenvalue weighted by Gasteiger charge is 2.24. The summed E-state index contributed by atoms with van der Waals surface area (Å²) in [4.78, 5) is 6.58. The fourth-order valence-corrected chi connectivity index (χ4v) is 5.24. The Morgan fingerprint density at radius 1 is 1.07 bits per heavy atom. The summed E-state index contributed by atoms with van der Waals surface area (Å²) in [7, 11) is 4.08. The predicted molar refractivity (Wildman–Crippen MR) is 168 cm³/mol. The Labute approximate surface area is 254 Å². The van der Waals surface area contributed by atoms with E-state index >= 15 is 0 Å². The average Bonchev–Trinajstić information content (AvgIpc) is 3.44. The summed E-state index contributed by atoms with van der Waals surface area (Å²) < 4.78 is 13.8. The second-order valence-electron chi connectivity index (χ2n) is 10.6. The molecule has 42 heavy (non-hydrogen) atoms. The standard InChI is InChI=1S/C31H31Cl2FN8/c1-18(2)42-17-28(39-40-42)30(20-7-5-6-19(10-20)16-41(3)4)38-23-11-24-29(37-22-8-9-27(34)25(32)12-22)21(14-35)15-36-31(24)26(33)13-23/h5-13,15,17-18,30,38-40H,16H2,1-4H3,(H,36,37)/t30-/m0/s1. The van der Waals surface area contributed by atoms with Crippen LogP contribution in [0.25, 0.3) is 10.9 Å². The first-order chi connectivity index (χ1) is 20.1. The summed E-state index contributed by atoms with van der Waals surface area (Å²) in [5, 5.41) is 19.8. The number of hydrogen-bond acceptors (Lipinski definition) is 8. The Bertz CT molecular complexity index is 1700. The first-order valence-electron chi connectivity index (χ1n) is 13.4. The van der Waals surface area contributed by atoms with Gasteiger partial charge in [0.25, 0.3) is 0 Å². The van der Waals surface area contributed by atoms with Gasteiger partial charge < -0.3 is 21.0 Å². The third-order valence-electron chi connectivity index (χ3n) is 6.80. The zero-order chi connectivity index (χ0) is 30.0. The van der Waals surface area contributed by atoms with Crippen molar-refractivity contribution in [1.82, 2.24) is 25.9 Å². The maximum Gasteiger partial charge on any atom is 0.141 e. The quantitative estimate of drug-likeness (QED) is 0.161. The first-order valence-corrected chi connectivity index (χ1v) is 14.1. The van der Waals surface area contributed by atoms with E-state index in [4.69, 9.17) is 23.2 Å². The van der Waals surface area contributed by atoms with E-state index in [9.17, 15) is 9.65 Å². The molecule has 0 amide bonds. The van der Waals surface area contributed by atoms with Gasteiger partial charge in [-0.1, -0.05) is 47.5 Å². The molecule has 4 aromatic rings. The van der Waals surface area contributed by atoms with E-state index < -0.39 is 5.82 Å². The normalized spacial score (nSPS) is 13.7. The van der Waals surface area contributed by atoms with Crippen LogP contribution in [0.1, 0.15) is 36.6 Å². The Kier molecular flexibility index (Phi) is 8.71. The largest absolute Gasteiger partial charge is 0.373 e. The molecule has 0 fully saturated rings. The van der Waals surface area contributed by atoms with Gasteiger partial charge in [-0.25, -0.2) is 4.39 Å². The fraction of sp³-hybridized carbons (Fsp3) is 0.226. The van der Waals surface area contributed by atoms with Crippen molar-refractivity contribution in [3.05, 3.63) is 105 Å². The van der Waals surface area contributed by atoms with Crippen LogP contribution >= 0.6 is 23.2 Å². The van der Waals surface area contributed by atoms with Gasteiger partial charge in [-0.15, -0.1) is 5.53 Å². The first kappa shape index (κ1) is 29.4. The summed E-state index contributed by atoms with van der Waals surface area (Å²) in [5.41, 5.74) is 12.2. The molecule has 8 nitrogen and oxygen atoms in total. The minimum atomic E-state index is -0.530. The van der Waals surface area contributed by atoms with Gasteiger partial charge in [0.2, 0.25) is 0 Å². The van der Waals surface area contributed by atoms with Gasteiger partial charge in [-0.3, -0.25) is 9.99 Å². The molecular weight excluding hydrogens is 574 g/mol. The third-order valence-corrected chi connectivity index (χ3v) is 7.38. The van der Waals surface area contributed by atoms with Crippen molar-refractivity contribution >= 4 is 51.2 Å². The zero-order valence-corrected chi connectivity index (χ0v) is 25.1. The highest BCUT2D eigenvalue weighted by molar-refractivity contribution is 6.36. The number of aromatic nitrogens is 1. The molecule has 0 saturated heterocycles. The van der Waals surface area contributed by atoms with Gasteiger partial charge in [0.1, 0.15) is 11.9 Å². The van der Waals surface area contributed by atoms with Crippen LogP contribution in [0.2, 0.25) is 10.0 Å². The van der Waals surface area contributed by atoms with Crippen LogP contribution in [-0.2, 0) is 6.54 Å². The molecule has 1 aliphatic heterocycles. The molecule has 1 aliphatic rings. The molecule has 216 valence electrons. The molecule has 1 aromatic heterocycles. The number of nitrogens with zero attached hydrogens (tertiary/aromatic N) is 4. The minimum absolute atomic E-state index is 0.0296. The Morgan fingerprint density at radius 3 is 2.55 bits per heavy atom. The summed E-state index contributed by atoms with van der Waals surface area (Å²) >= 11 is 12.8. The number of rotatable bonds is 9. The van der Waals surface area contributed by atoms with Gasteiger partial charge in [0, 0.05) is 41.7 Å². The van der Waals surface area contributed by atoms with Crippen LogP contribution in [0.3, 0.4) is 0 Å². The molecule has 0 spiro atoms. The van der Waals surface area contributed by atoms with E-state index in [2.05, 4.69) is 75.7 Å².